The van der Waals surface area contributed by atoms with Crippen LogP contribution in [0.4, 0.5) is 4.39 Å². The first-order chi connectivity index (χ1) is 11.6. The summed E-state index contributed by atoms with van der Waals surface area (Å²) in [5, 5.41) is 4.04. The molecule has 0 spiro atoms. The zero-order valence-corrected chi connectivity index (χ0v) is 13.8. The minimum absolute atomic E-state index is 0.127. The Hall–Kier alpha value is -1.80. The monoisotopic (exact) mass is 339 g/mol. The number of carbonyl (C=O) groups is 1. The quantitative estimate of drug-likeness (QED) is 0.766. The molecule has 0 aromatic carbocycles. The van der Waals surface area contributed by atoms with Gasteiger partial charge in [0, 0.05) is 39.1 Å². The molecule has 0 N–H and O–H groups in total. The minimum Gasteiger partial charge on any atom is -0.370 e. The van der Waals surface area contributed by atoms with E-state index >= 15 is 0 Å². The van der Waals surface area contributed by atoms with Gasteiger partial charge in [0.05, 0.1) is 0 Å². The van der Waals surface area contributed by atoms with Gasteiger partial charge < -0.3 is 18.9 Å². The summed E-state index contributed by atoms with van der Waals surface area (Å²) in [5.41, 5.74) is -0.743. The van der Waals surface area contributed by atoms with Crippen molar-refractivity contribution in [3.05, 3.63) is 24.1 Å². The predicted molar refractivity (Wildman–Crippen MR) is 81.6 cm³/mol. The molecule has 1 aromatic rings. The van der Waals surface area contributed by atoms with Gasteiger partial charge in [0.15, 0.2) is 5.83 Å². The van der Waals surface area contributed by atoms with Crippen LogP contribution >= 0.6 is 0 Å². The van der Waals surface area contributed by atoms with Crippen molar-refractivity contribution in [3.63, 3.8) is 0 Å². The third kappa shape index (κ3) is 3.21. The van der Waals surface area contributed by atoms with Crippen molar-refractivity contribution in [2.75, 3.05) is 26.3 Å². The third-order valence-corrected chi connectivity index (χ3v) is 4.56. The average Bonchev–Trinajstić information content (AvgIpc) is 3.26. The summed E-state index contributed by atoms with van der Waals surface area (Å²) >= 11 is 0. The van der Waals surface area contributed by atoms with Crippen LogP contribution in [0, 0.1) is 0 Å². The van der Waals surface area contributed by atoms with Gasteiger partial charge >= 0.3 is 0 Å². The molecular weight excluding hydrogens is 317 g/mol. The number of hydrogen-bond donors (Lipinski definition) is 0. The number of rotatable bonds is 5. The molecule has 0 bridgehead atoms. The van der Waals surface area contributed by atoms with Crippen LogP contribution in [0.25, 0.3) is 0 Å². The van der Waals surface area contributed by atoms with E-state index in [-0.39, 0.29) is 6.10 Å². The van der Waals surface area contributed by atoms with Crippen LogP contribution in [-0.4, -0.2) is 47.3 Å². The molecule has 8 heteroatoms. The Bertz CT molecular complexity index is 604. The molecule has 1 amide bonds. The Kier molecular flexibility index (Phi) is 4.96. The fourth-order valence-corrected chi connectivity index (χ4v) is 3.27. The number of ether oxygens (including phenoxy) is 2. The number of aromatic nitrogens is 2. The van der Waals surface area contributed by atoms with E-state index in [1.807, 2.05) is 6.92 Å². The van der Waals surface area contributed by atoms with E-state index in [4.69, 9.17) is 14.0 Å². The molecule has 0 saturated carbocycles. The number of piperidine rings is 1. The Morgan fingerprint density at radius 3 is 2.83 bits per heavy atom. The number of hydrogen-bond acceptors (Lipinski definition) is 6. The standard InChI is InChI=1S/C16H22FN3O4/c1-3-23-16(6-8-20(9-7-16)14(21)11(2)17)15-18-13(19-24-15)12-5-4-10-22-12/h12H,2-10H2,1H3/t12-/m1/s1. The molecule has 2 fully saturated rings. The van der Waals surface area contributed by atoms with Crippen molar-refractivity contribution in [3.8, 4) is 0 Å². The minimum atomic E-state index is -0.947. The fourth-order valence-electron chi connectivity index (χ4n) is 3.27. The number of likely N-dealkylation sites (tertiary alicyclic amines) is 1. The second-order valence-electron chi connectivity index (χ2n) is 6.08. The van der Waals surface area contributed by atoms with Gasteiger partial charge in [-0.05, 0) is 19.8 Å². The molecule has 1 atom stereocenters. The van der Waals surface area contributed by atoms with Crippen molar-refractivity contribution in [2.45, 2.75) is 44.3 Å². The van der Waals surface area contributed by atoms with Crippen molar-refractivity contribution in [2.24, 2.45) is 0 Å². The SMILES string of the molecule is C=C(F)C(=O)N1CCC(OCC)(c2nc([C@H]3CCCO3)no2)CC1. The molecule has 1 aromatic heterocycles. The Balaban J connectivity index is 1.75. The second kappa shape index (κ2) is 6.98. The number of halogens is 1. The molecule has 2 aliphatic rings. The third-order valence-electron chi connectivity index (χ3n) is 4.56. The largest absolute Gasteiger partial charge is 0.370 e. The van der Waals surface area contributed by atoms with Crippen molar-refractivity contribution in [1.82, 2.24) is 15.0 Å². The van der Waals surface area contributed by atoms with Crippen LogP contribution in [0.1, 0.15) is 50.4 Å². The van der Waals surface area contributed by atoms with Crippen LogP contribution in [0.3, 0.4) is 0 Å². The highest BCUT2D eigenvalue weighted by molar-refractivity contribution is 5.90. The number of amides is 1. The van der Waals surface area contributed by atoms with Gasteiger partial charge in [-0.3, -0.25) is 4.79 Å². The van der Waals surface area contributed by atoms with Crippen LogP contribution in [0.2, 0.25) is 0 Å². The molecule has 24 heavy (non-hydrogen) atoms. The first-order valence-electron chi connectivity index (χ1n) is 8.29. The highest BCUT2D eigenvalue weighted by atomic mass is 19.1. The normalized spacial score (nSPS) is 23.4. The fraction of sp³-hybridized carbons (Fsp3) is 0.688. The van der Waals surface area contributed by atoms with Crippen molar-refractivity contribution < 1.29 is 23.2 Å². The van der Waals surface area contributed by atoms with Gasteiger partial charge in [-0.15, -0.1) is 0 Å². The van der Waals surface area contributed by atoms with Crippen LogP contribution in [0.15, 0.2) is 16.9 Å². The van der Waals surface area contributed by atoms with E-state index in [1.54, 1.807) is 0 Å². The molecule has 3 rings (SSSR count). The first-order valence-corrected chi connectivity index (χ1v) is 8.29. The zero-order chi connectivity index (χ0) is 17.2. The maximum Gasteiger partial charge on any atom is 0.281 e. The number of carbonyl (C=O) groups excluding carboxylic acids is 1. The maximum atomic E-state index is 13.0. The smallest absolute Gasteiger partial charge is 0.281 e. The van der Waals surface area contributed by atoms with Gasteiger partial charge in [-0.1, -0.05) is 11.7 Å². The first kappa shape index (κ1) is 17.0. The van der Waals surface area contributed by atoms with E-state index in [2.05, 4.69) is 16.7 Å². The summed E-state index contributed by atoms with van der Waals surface area (Å²) in [6.07, 6.45) is 2.66. The lowest BCUT2D eigenvalue weighted by Crippen LogP contribution is -2.46. The summed E-state index contributed by atoms with van der Waals surface area (Å²) in [4.78, 5) is 17.6. The molecule has 2 saturated heterocycles. The molecule has 7 nitrogen and oxygen atoms in total. The molecule has 0 unspecified atom stereocenters. The Labute approximate surface area is 139 Å². The zero-order valence-electron chi connectivity index (χ0n) is 13.8. The highest BCUT2D eigenvalue weighted by Gasteiger charge is 2.43. The van der Waals surface area contributed by atoms with E-state index in [1.165, 1.54) is 4.90 Å². The van der Waals surface area contributed by atoms with Crippen molar-refractivity contribution >= 4 is 5.91 Å². The lowest BCUT2D eigenvalue weighted by Gasteiger charge is -2.38. The average molecular weight is 339 g/mol. The summed E-state index contributed by atoms with van der Waals surface area (Å²) in [7, 11) is 0. The Morgan fingerprint density at radius 1 is 1.50 bits per heavy atom. The van der Waals surface area contributed by atoms with Crippen LogP contribution in [0.5, 0.6) is 0 Å². The summed E-state index contributed by atoms with van der Waals surface area (Å²) in [6.45, 7) is 6.82. The van der Waals surface area contributed by atoms with E-state index < -0.39 is 17.3 Å². The number of nitrogens with zero attached hydrogens (tertiary/aromatic N) is 3. The molecule has 0 aliphatic carbocycles. The van der Waals surface area contributed by atoms with Crippen LogP contribution < -0.4 is 0 Å². The lowest BCUT2D eigenvalue weighted by molar-refractivity contribution is -0.139. The van der Waals surface area contributed by atoms with E-state index in [0.717, 1.165) is 12.8 Å². The van der Waals surface area contributed by atoms with Gasteiger partial charge in [0.2, 0.25) is 5.82 Å². The highest BCUT2D eigenvalue weighted by Crippen LogP contribution is 2.37. The van der Waals surface area contributed by atoms with Gasteiger partial charge in [0.25, 0.3) is 11.8 Å². The summed E-state index contributed by atoms with van der Waals surface area (Å²) in [5.74, 6) is -0.679. The molecule has 132 valence electrons. The van der Waals surface area contributed by atoms with Gasteiger partial charge in [-0.2, -0.15) is 4.98 Å². The van der Waals surface area contributed by atoms with E-state index in [0.29, 0.717) is 50.9 Å². The molecule has 0 radical (unpaired) electrons. The van der Waals surface area contributed by atoms with Gasteiger partial charge in [0.1, 0.15) is 11.7 Å². The van der Waals surface area contributed by atoms with Crippen LogP contribution in [-0.2, 0) is 19.9 Å². The lowest BCUT2D eigenvalue weighted by atomic mass is 9.90. The van der Waals surface area contributed by atoms with Gasteiger partial charge in [-0.25, -0.2) is 4.39 Å². The molecule has 3 heterocycles. The summed E-state index contributed by atoms with van der Waals surface area (Å²) in [6, 6.07) is 0. The second-order valence-corrected chi connectivity index (χ2v) is 6.08. The molecule has 2 aliphatic heterocycles. The molecular formula is C16H22FN3O4. The predicted octanol–water partition coefficient (Wildman–Crippen LogP) is 2.26. The van der Waals surface area contributed by atoms with E-state index in [9.17, 15) is 9.18 Å². The van der Waals surface area contributed by atoms with Crippen molar-refractivity contribution in [1.29, 1.82) is 0 Å². The topological polar surface area (TPSA) is 77.7 Å². The Morgan fingerprint density at radius 2 is 2.25 bits per heavy atom. The summed E-state index contributed by atoms with van der Waals surface area (Å²) < 4.78 is 30.0. The maximum absolute atomic E-state index is 13.0.